The van der Waals surface area contributed by atoms with Crippen molar-refractivity contribution in [2.24, 2.45) is 0 Å². The van der Waals surface area contributed by atoms with Gasteiger partial charge in [0.25, 0.3) is 0 Å². The lowest BCUT2D eigenvalue weighted by Crippen LogP contribution is -2.08. The highest BCUT2D eigenvalue weighted by atomic mass is 32.2. The molecule has 0 radical (unpaired) electrons. The Kier molecular flexibility index (Phi) is 21.4. The summed E-state index contributed by atoms with van der Waals surface area (Å²) in [4.78, 5) is 33.1. The van der Waals surface area contributed by atoms with Crippen LogP contribution in [0, 0.1) is 0 Å². The predicted molar refractivity (Wildman–Crippen MR) is 584 cm³/mol. The first-order valence-electron chi connectivity index (χ1n) is 44.4. The second-order valence-corrected chi connectivity index (χ2v) is 58.1. The molecule has 128 heavy (non-hydrogen) atoms. The molecule has 0 saturated heterocycles. The van der Waals surface area contributed by atoms with Crippen LogP contribution in [0.25, 0.3) is 83.6 Å². The molecule has 9 aliphatic carbocycles. The highest BCUT2D eigenvalue weighted by Gasteiger charge is 2.48. The Morgan fingerprint density at radius 1 is 0.188 bits per heavy atom. The van der Waals surface area contributed by atoms with E-state index in [1.807, 2.05) is 170 Å². The summed E-state index contributed by atoms with van der Waals surface area (Å²) in [6, 6.07) is 53.7. The molecule has 15 aromatic rings. The van der Waals surface area contributed by atoms with E-state index >= 15 is 0 Å². The van der Waals surface area contributed by atoms with Gasteiger partial charge >= 0.3 is 0 Å². The van der Waals surface area contributed by atoms with Gasteiger partial charge in [0, 0.05) is 240 Å². The van der Waals surface area contributed by atoms with Crippen LogP contribution in [0.15, 0.2) is 206 Å². The summed E-state index contributed by atoms with van der Waals surface area (Å²) in [7, 11) is 0. The van der Waals surface area contributed by atoms with Crippen LogP contribution in [0.3, 0.4) is 0 Å². The minimum atomic E-state index is 0.155. The van der Waals surface area contributed by atoms with E-state index in [-0.39, 0.29) is 43.3 Å². The largest absolute Gasteiger partial charge is 0.144 e. The third-order valence-corrected chi connectivity index (χ3v) is 44.1. The van der Waals surface area contributed by atoms with Crippen LogP contribution in [-0.4, -0.2) is 0 Å². The summed E-state index contributed by atoms with van der Waals surface area (Å²) in [5.74, 6) is 0. The molecule has 0 amide bonds. The van der Waals surface area contributed by atoms with Crippen molar-refractivity contribution in [1.29, 1.82) is 0 Å². The molecule has 0 saturated carbocycles. The first-order chi connectivity index (χ1) is 60.6. The van der Waals surface area contributed by atoms with Crippen LogP contribution in [0.2, 0.25) is 0 Å². The van der Waals surface area contributed by atoms with Crippen LogP contribution in [0.4, 0.5) is 0 Å². The van der Waals surface area contributed by atoms with E-state index in [1.54, 1.807) is 0 Å². The van der Waals surface area contributed by atoms with Crippen LogP contribution in [0.5, 0.6) is 0 Å². The Hall–Kier alpha value is -7.10. The highest BCUT2D eigenvalue weighted by Crippen LogP contribution is 2.69. The van der Waals surface area contributed by atoms with Crippen molar-refractivity contribution in [2.75, 3.05) is 0 Å². The molecule has 0 bridgehead atoms. The lowest BCUT2D eigenvalue weighted by Gasteiger charge is -2.17. The zero-order valence-electron chi connectivity index (χ0n) is 77.3. The average molecular weight is 1950 g/mol. The predicted octanol–water partition coefficient (Wildman–Crippen LogP) is 38.8. The Balaban J connectivity index is 0.000000104. The Bertz CT molecular complexity index is 6820. The zero-order valence-corrected chi connectivity index (χ0v) is 89.6. The molecule has 0 fully saturated rings. The van der Waals surface area contributed by atoms with Crippen molar-refractivity contribution in [3.05, 3.63) is 357 Å². The molecule has 24 rings (SSSR count). The van der Waals surface area contributed by atoms with Gasteiger partial charge in [-0.1, -0.05) is 203 Å². The van der Waals surface area contributed by atoms with Crippen LogP contribution in [0.1, 0.15) is 324 Å². The summed E-state index contributed by atoms with van der Waals surface area (Å²) in [5.41, 5.74) is 37.9. The molecule has 0 nitrogen and oxygen atoms in total. The lowest BCUT2D eigenvalue weighted by atomic mass is 9.92. The minimum absolute atomic E-state index is 0.155. The minimum Gasteiger partial charge on any atom is -0.144 e. The summed E-state index contributed by atoms with van der Waals surface area (Å²) >= 11 is 29.1. The first-order valence-corrected chi connectivity index (χ1v) is 57.1. The molecule has 0 aromatic carbocycles. The Morgan fingerprint density at radius 2 is 0.438 bits per heavy atom. The van der Waals surface area contributed by atoms with Crippen LogP contribution >= 0.6 is 170 Å². The lowest BCUT2D eigenvalue weighted by molar-refractivity contribution is 0.603. The molecule has 0 spiro atoms. The van der Waals surface area contributed by atoms with Gasteiger partial charge in [-0.05, 0) is 214 Å². The third-order valence-electron chi connectivity index (χ3n) is 25.3. The van der Waals surface area contributed by atoms with Crippen molar-refractivity contribution in [3.8, 4) is 0 Å². The van der Waals surface area contributed by atoms with Gasteiger partial charge in [0.15, 0.2) is 0 Å². The van der Waals surface area contributed by atoms with Crippen LogP contribution in [-0.2, 0) is 43.3 Å². The van der Waals surface area contributed by atoms with Crippen molar-refractivity contribution in [1.82, 2.24) is 0 Å². The topological polar surface area (TPSA) is 0 Å². The maximum atomic E-state index is 2.49. The number of rotatable bonds is 8. The van der Waals surface area contributed by atoms with E-state index in [1.165, 1.54) is 251 Å². The third kappa shape index (κ3) is 14.6. The quantitative estimate of drug-likeness (QED) is 0.142. The van der Waals surface area contributed by atoms with E-state index in [0.29, 0.717) is 0 Å². The molecule has 15 heteroatoms. The number of fused-ring (bicyclic) bond motifs is 19. The summed E-state index contributed by atoms with van der Waals surface area (Å²) in [6.45, 7) is 55.7. The number of hydrogen-bond donors (Lipinski definition) is 0. The average Bonchev–Trinajstić information content (AvgIpc) is 1.54. The summed E-state index contributed by atoms with van der Waals surface area (Å²) < 4.78 is 0. The van der Waals surface area contributed by atoms with Gasteiger partial charge < -0.3 is 0 Å². The highest BCUT2D eigenvalue weighted by molar-refractivity contribution is 7.20. The van der Waals surface area contributed by atoms with E-state index in [2.05, 4.69) is 356 Å². The van der Waals surface area contributed by atoms with Gasteiger partial charge in [-0.3, -0.25) is 0 Å². The summed E-state index contributed by atoms with van der Waals surface area (Å²) in [6.07, 6.45) is 5.78. The van der Waals surface area contributed by atoms with E-state index < -0.39 is 0 Å². The van der Waals surface area contributed by atoms with Gasteiger partial charge in [0.2, 0.25) is 0 Å². The fourth-order valence-electron chi connectivity index (χ4n) is 18.8. The maximum absolute atomic E-state index is 2.49. The fraction of sp³-hybridized carbons (Fsp3) is 0.292. The number of thiophene rings is 15. The van der Waals surface area contributed by atoms with Gasteiger partial charge in [-0.2, -0.15) is 0 Å². The van der Waals surface area contributed by atoms with E-state index in [9.17, 15) is 0 Å². The van der Waals surface area contributed by atoms with Crippen molar-refractivity contribution in [2.45, 2.75) is 216 Å². The SMILES string of the molecule is CC(C)(C)c1cc2c(s1)C(c1cccs1)=C1C2=C(c2cccs2)c2sc(C(C)(C)C)cc21.CC(C)(C)c1cc2c(s1)C1=C(c3cccs3)c3cc(C(C)(C)C)sc3C1=C2c1cccs1.CC(C)(C)c1ccc(C2=C3C(=C(c4ccc(C(C)(C)C)s4)c4ccsc43)c3sccc32)s1.CC(C)(C)c1ccc(C2=C3C(=C(c4ccc(C(C)(C)C)s4)c4sccc43)C3=C2CC=C3)s1. The molecule has 15 heterocycles. The monoisotopic (exact) mass is 1940 g/mol. The van der Waals surface area contributed by atoms with Crippen molar-refractivity contribution in [3.63, 3.8) is 0 Å². The number of hydrogen-bond acceptors (Lipinski definition) is 15. The molecule has 0 atom stereocenters. The molecule has 0 unspecified atom stereocenters. The Morgan fingerprint density at radius 3 is 0.742 bits per heavy atom. The zero-order chi connectivity index (χ0) is 89.7. The number of allylic oxidation sites excluding steroid dienone is 13. The molecule has 0 aliphatic heterocycles. The first kappa shape index (κ1) is 87.5. The van der Waals surface area contributed by atoms with Gasteiger partial charge in [0.05, 0.1) is 0 Å². The Labute approximate surface area is 817 Å². The second kappa shape index (κ2) is 31.2. The van der Waals surface area contributed by atoms with Crippen molar-refractivity contribution < 1.29 is 0 Å². The second-order valence-electron chi connectivity index (χ2n) is 43.0. The van der Waals surface area contributed by atoms with Gasteiger partial charge in [-0.25, -0.2) is 0 Å². The molecule has 0 N–H and O–H groups in total. The molecule has 648 valence electrons. The van der Waals surface area contributed by atoms with Crippen molar-refractivity contribution >= 4 is 254 Å². The van der Waals surface area contributed by atoms with Gasteiger partial charge in [-0.15, -0.1) is 170 Å². The van der Waals surface area contributed by atoms with Crippen LogP contribution < -0.4 is 0 Å². The maximum Gasteiger partial charge on any atom is 0.0445 e. The fourth-order valence-corrected chi connectivity index (χ4v) is 34.7. The molecule has 9 aliphatic rings. The standard InChI is InChI=1S/C29H28S3.3C28H26S4/c1-28(2,3)21-12-10-19(31-21)23-16-8-7-9-17(16)24-25(23)18-14-15-30-27(18)26(24)20-11-13-22(32-20)29(4,5)6;1-27(2,3)19-9-7-17(31-19)21-15-11-13-29-25(15)24-22(16-12-14-30-26(16)23(21)24)18-8-10-20(32-18)28(4,5)6;1-27(2,3)19-13-15-21-22(23(25(15)31-19)17-9-7-11-29-17)16-14-20(28(4,5)6)32-26(16)24(21)18-10-8-12-30-18;1-27(2,3)19-13-15-21(17-9-7-11-29-17)24-23(25(15)31-19)22(18-10-8-12-30-18)16-14-20(28(4,5)6)32-26(16)24/h7,9-15H,8H2,1-6H3;3*7-14H,1-6H3. The smallest absolute Gasteiger partial charge is 0.0445 e. The van der Waals surface area contributed by atoms with E-state index in [4.69, 9.17) is 0 Å². The normalized spacial score (nSPS) is 16.1. The van der Waals surface area contributed by atoms with Gasteiger partial charge in [0.1, 0.15) is 0 Å². The summed E-state index contributed by atoms with van der Waals surface area (Å²) in [5, 5.41) is 15.7. The molecular weight excluding hydrogens is 1840 g/mol. The molecule has 15 aromatic heterocycles. The van der Waals surface area contributed by atoms with E-state index in [0.717, 1.165) is 6.42 Å². The molecular formula is C113H106S15.